The summed E-state index contributed by atoms with van der Waals surface area (Å²) in [4.78, 5) is 18.0. The summed E-state index contributed by atoms with van der Waals surface area (Å²) >= 11 is 0. The van der Waals surface area contributed by atoms with Crippen molar-refractivity contribution in [2.75, 3.05) is 0 Å². The largest absolute Gasteiger partial charge is 0.494 e. The molecule has 0 aliphatic carbocycles. The predicted octanol–water partition coefficient (Wildman–Crippen LogP) is 5.99. The summed E-state index contributed by atoms with van der Waals surface area (Å²) in [7, 11) is 0. The summed E-state index contributed by atoms with van der Waals surface area (Å²) in [6, 6.07) is 17.3. The summed E-state index contributed by atoms with van der Waals surface area (Å²) in [5.74, 6) is -0.109. The first kappa shape index (κ1) is 20.6. The molecule has 0 atom stereocenters. The minimum absolute atomic E-state index is 0.109. The molecule has 0 radical (unpaired) electrons. The molecular formula is C27H26N2O2. The molecule has 4 nitrogen and oxygen atoms in total. The molecule has 4 heteroatoms. The lowest BCUT2D eigenvalue weighted by molar-refractivity contribution is 0.436. The number of hydrogen-bond acceptors (Lipinski definition) is 3. The lowest BCUT2D eigenvalue weighted by atomic mass is 10.0. The number of fused-ring (bicyclic) bond motifs is 1. The molecule has 0 bridgehead atoms. The number of aromatic nitrogens is 1. The van der Waals surface area contributed by atoms with E-state index < -0.39 is 0 Å². The van der Waals surface area contributed by atoms with Gasteiger partial charge in [-0.3, -0.25) is 9.79 Å². The summed E-state index contributed by atoms with van der Waals surface area (Å²) < 4.78 is 1.38. The van der Waals surface area contributed by atoms with E-state index in [4.69, 9.17) is 4.99 Å². The molecule has 0 spiro atoms. The van der Waals surface area contributed by atoms with Gasteiger partial charge in [-0.1, -0.05) is 53.6 Å². The maximum absolute atomic E-state index is 13.3. The number of aromatic hydroxyl groups is 1. The fourth-order valence-electron chi connectivity index (χ4n) is 4.27. The highest BCUT2D eigenvalue weighted by Gasteiger charge is 2.17. The summed E-state index contributed by atoms with van der Waals surface area (Å²) in [5, 5.41) is 12.5. The van der Waals surface area contributed by atoms with Gasteiger partial charge in [0.05, 0.1) is 16.9 Å². The molecule has 4 rings (SSSR count). The Morgan fingerprint density at radius 3 is 2.06 bits per heavy atom. The van der Waals surface area contributed by atoms with Gasteiger partial charge in [-0.25, -0.2) is 4.57 Å². The van der Waals surface area contributed by atoms with Gasteiger partial charge in [-0.15, -0.1) is 0 Å². The van der Waals surface area contributed by atoms with Crippen molar-refractivity contribution in [2.24, 2.45) is 4.99 Å². The lowest BCUT2D eigenvalue weighted by Crippen LogP contribution is -2.21. The average Bonchev–Trinajstić information content (AvgIpc) is 2.71. The molecule has 1 heterocycles. The standard InChI is InChI=1S/C27H26N2O2/c1-16-10-11-24(18(3)12-16)29-26(30)22-9-7-6-8-21(22)23(27(29)31)15-28-25-19(4)13-17(2)14-20(25)5/h6-15,31H,1-5H3. The maximum atomic E-state index is 13.3. The molecule has 0 saturated heterocycles. The fraction of sp³-hybridized carbons (Fsp3) is 0.185. The monoisotopic (exact) mass is 410 g/mol. The zero-order valence-corrected chi connectivity index (χ0v) is 18.5. The van der Waals surface area contributed by atoms with Crippen LogP contribution in [0, 0.1) is 34.6 Å². The van der Waals surface area contributed by atoms with Crippen LogP contribution in [0.3, 0.4) is 0 Å². The molecule has 0 aliphatic heterocycles. The number of benzene rings is 3. The Morgan fingerprint density at radius 1 is 0.806 bits per heavy atom. The predicted molar refractivity (Wildman–Crippen MR) is 129 cm³/mol. The maximum Gasteiger partial charge on any atom is 0.265 e. The first-order chi connectivity index (χ1) is 14.8. The van der Waals surface area contributed by atoms with Crippen LogP contribution in [-0.4, -0.2) is 15.9 Å². The van der Waals surface area contributed by atoms with Crippen LogP contribution >= 0.6 is 0 Å². The number of aliphatic imine (C=N–C) groups is 1. The van der Waals surface area contributed by atoms with Crippen LogP contribution in [0.25, 0.3) is 16.5 Å². The van der Waals surface area contributed by atoms with Crippen LogP contribution in [0.1, 0.15) is 33.4 Å². The van der Waals surface area contributed by atoms with Crippen molar-refractivity contribution in [2.45, 2.75) is 34.6 Å². The van der Waals surface area contributed by atoms with Crippen LogP contribution in [0.5, 0.6) is 5.88 Å². The van der Waals surface area contributed by atoms with E-state index in [1.54, 1.807) is 12.3 Å². The number of aryl methyl sites for hydroxylation is 5. The van der Waals surface area contributed by atoms with Gasteiger partial charge >= 0.3 is 0 Å². The molecule has 1 N–H and O–H groups in total. The third kappa shape index (κ3) is 3.66. The topological polar surface area (TPSA) is 54.6 Å². The van der Waals surface area contributed by atoms with E-state index in [9.17, 15) is 9.90 Å². The van der Waals surface area contributed by atoms with Crippen molar-refractivity contribution >= 4 is 22.7 Å². The molecule has 31 heavy (non-hydrogen) atoms. The Labute approximate surface area is 182 Å². The molecule has 4 aromatic rings. The molecule has 3 aromatic carbocycles. The summed E-state index contributed by atoms with van der Waals surface area (Å²) in [6.45, 7) is 10.1. The third-order valence-corrected chi connectivity index (χ3v) is 5.65. The van der Waals surface area contributed by atoms with E-state index in [1.807, 2.05) is 64.1 Å². The number of hydrogen-bond donors (Lipinski definition) is 1. The number of rotatable bonds is 3. The second kappa shape index (κ2) is 7.88. The van der Waals surface area contributed by atoms with Crippen molar-refractivity contribution in [1.29, 1.82) is 0 Å². The normalized spacial score (nSPS) is 11.5. The first-order valence-electron chi connectivity index (χ1n) is 10.3. The van der Waals surface area contributed by atoms with Crippen molar-refractivity contribution in [1.82, 2.24) is 4.57 Å². The molecule has 1 aromatic heterocycles. The molecular weight excluding hydrogens is 384 g/mol. The highest BCUT2D eigenvalue weighted by Crippen LogP contribution is 2.30. The van der Waals surface area contributed by atoms with Gasteiger partial charge < -0.3 is 5.11 Å². The van der Waals surface area contributed by atoms with Crippen molar-refractivity contribution in [3.63, 3.8) is 0 Å². The highest BCUT2D eigenvalue weighted by molar-refractivity contribution is 6.02. The molecule has 156 valence electrons. The SMILES string of the molecule is Cc1ccc(-n2c(O)c(C=Nc3c(C)cc(C)cc3C)c3ccccc3c2=O)c(C)c1. The minimum Gasteiger partial charge on any atom is -0.494 e. The van der Waals surface area contributed by atoms with E-state index in [1.165, 1.54) is 10.1 Å². The van der Waals surface area contributed by atoms with E-state index in [0.717, 1.165) is 27.9 Å². The second-order valence-corrected chi connectivity index (χ2v) is 8.22. The number of nitrogens with zero attached hydrogens (tertiary/aromatic N) is 2. The van der Waals surface area contributed by atoms with Crippen LogP contribution in [0.2, 0.25) is 0 Å². The van der Waals surface area contributed by atoms with Crippen molar-refractivity contribution < 1.29 is 5.11 Å². The van der Waals surface area contributed by atoms with Crippen molar-refractivity contribution in [3.05, 3.63) is 98.3 Å². The Balaban J connectivity index is 2.01. The molecule has 0 saturated carbocycles. The molecule has 0 amide bonds. The first-order valence-corrected chi connectivity index (χ1v) is 10.3. The molecule has 0 aliphatic rings. The van der Waals surface area contributed by atoms with Crippen LogP contribution in [0.4, 0.5) is 5.69 Å². The second-order valence-electron chi connectivity index (χ2n) is 8.22. The fourth-order valence-corrected chi connectivity index (χ4v) is 4.27. The van der Waals surface area contributed by atoms with Crippen LogP contribution < -0.4 is 5.56 Å². The lowest BCUT2D eigenvalue weighted by Gasteiger charge is -2.16. The summed E-state index contributed by atoms with van der Waals surface area (Å²) in [5.41, 5.74) is 7.15. The van der Waals surface area contributed by atoms with Gasteiger partial charge in [0.15, 0.2) is 0 Å². The van der Waals surface area contributed by atoms with Gasteiger partial charge in [-0.05, 0) is 63.4 Å². The van der Waals surface area contributed by atoms with Gasteiger partial charge in [-0.2, -0.15) is 0 Å². The Kier molecular flexibility index (Phi) is 5.24. The van der Waals surface area contributed by atoms with Gasteiger partial charge in [0.1, 0.15) is 0 Å². The molecule has 0 fully saturated rings. The zero-order chi connectivity index (χ0) is 22.3. The number of pyridine rings is 1. The smallest absolute Gasteiger partial charge is 0.265 e. The van der Waals surface area contributed by atoms with E-state index >= 15 is 0 Å². The quantitative estimate of drug-likeness (QED) is 0.422. The highest BCUT2D eigenvalue weighted by atomic mass is 16.3. The Morgan fingerprint density at radius 2 is 1.42 bits per heavy atom. The average molecular weight is 411 g/mol. The zero-order valence-electron chi connectivity index (χ0n) is 18.5. The third-order valence-electron chi connectivity index (χ3n) is 5.65. The molecule has 0 unspecified atom stereocenters. The summed E-state index contributed by atoms with van der Waals surface area (Å²) in [6.07, 6.45) is 1.67. The van der Waals surface area contributed by atoms with E-state index in [2.05, 4.69) is 19.1 Å². The van der Waals surface area contributed by atoms with Crippen LogP contribution in [0.15, 0.2) is 64.4 Å². The van der Waals surface area contributed by atoms with Crippen molar-refractivity contribution in [3.8, 4) is 11.6 Å². The van der Waals surface area contributed by atoms with E-state index in [0.29, 0.717) is 22.0 Å². The van der Waals surface area contributed by atoms with Gasteiger partial charge in [0.25, 0.3) is 5.56 Å². The Bertz CT molecular complexity index is 1390. The minimum atomic E-state index is -0.250. The Hall–Kier alpha value is -3.66. The van der Waals surface area contributed by atoms with Crippen LogP contribution in [-0.2, 0) is 0 Å². The van der Waals surface area contributed by atoms with Gasteiger partial charge in [0, 0.05) is 17.0 Å². The van der Waals surface area contributed by atoms with E-state index in [-0.39, 0.29) is 11.4 Å². The van der Waals surface area contributed by atoms with Gasteiger partial charge in [0.2, 0.25) is 5.88 Å².